The third-order valence-electron chi connectivity index (χ3n) is 5.02. The molecule has 0 spiro atoms. The smallest absolute Gasteiger partial charge is 0.350 e. The first kappa shape index (κ1) is 25.8. The maximum absolute atomic E-state index is 12.6. The SMILES string of the molecule is CCOC(=O)c1sc(-c2ccc(OC)c(OC)c2)cc1NC(=O)CCNC(=O)Cc1ccccc1. The van der Waals surface area contributed by atoms with E-state index in [1.165, 1.54) is 11.3 Å². The fraction of sp³-hybridized carbons (Fsp3) is 0.269. The molecule has 3 rings (SSSR count). The van der Waals surface area contributed by atoms with Gasteiger partial charge in [-0.3, -0.25) is 9.59 Å². The Morgan fingerprint density at radius 2 is 1.66 bits per heavy atom. The van der Waals surface area contributed by atoms with Crippen LogP contribution in [-0.2, 0) is 20.7 Å². The van der Waals surface area contributed by atoms with E-state index >= 15 is 0 Å². The average Bonchev–Trinajstić information content (AvgIpc) is 3.28. The van der Waals surface area contributed by atoms with Crippen LogP contribution < -0.4 is 20.1 Å². The van der Waals surface area contributed by atoms with Crippen LogP contribution in [0.3, 0.4) is 0 Å². The average molecular weight is 497 g/mol. The van der Waals surface area contributed by atoms with Gasteiger partial charge < -0.3 is 24.8 Å². The quantitative estimate of drug-likeness (QED) is 0.384. The minimum Gasteiger partial charge on any atom is -0.493 e. The van der Waals surface area contributed by atoms with Crippen LogP contribution in [0.4, 0.5) is 5.69 Å². The Balaban J connectivity index is 1.68. The molecule has 35 heavy (non-hydrogen) atoms. The van der Waals surface area contributed by atoms with Gasteiger partial charge in [-0.05, 0) is 42.3 Å². The minimum absolute atomic E-state index is 0.0599. The number of hydrogen-bond donors (Lipinski definition) is 2. The van der Waals surface area contributed by atoms with Crippen LogP contribution in [0.5, 0.6) is 11.5 Å². The number of anilines is 1. The van der Waals surface area contributed by atoms with Gasteiger partial charge in [0.2, 0.25) is 11.8 Å². The molecule has 0 atom stereocenters. The van der Waals surface area contributed by atoms with Crippen LogP contribution in [-0.4, -0.2) is 45.2 Å². The molecule has 0 aliphatic carbocycles. The molecule has 1 heterocycles. The topological polar surface area (TPSA) is 103 Å². The molecule has 2 amide bonds. The van der Waals surface area contributed by atoms with Crippen molar-refractivity contribution < 1.29 is 28.6 Å². The molecule has 1 aromatic heterocycles. The highest BCUT2D eigenvalue weighted by Crippen LogP contribution is 2.39. The number of thiophene rings is 1. The van der Waals surface area contributed by atoms with E-state index in [-0.39, 0.29) is 42.7 Å². The molecule has 0 radical (unpaired) electrons. The molecular weight excluding hydrogens is 468 g/mol. The van der Waals surface area contributed by atoms with Crippen LogP contribution in [0, 0.1) is 0 Å². The van der Waals surface area contributed by atoms with Crippen molar-refractivity contribution in [2.24, 2.45) is 0 Å². The van der Waals surface area contributed by atoms with Crippen molar-refractivity contribution in [2.75, 3.05) is 32.7 Å². The molecule has 0 aliphatic heterocycles. The maximum atomic E-state index is 12.6. The van der Waals surface area contributed by atoms with Gasteiger partial charge in [0, 0.05) is 17.8 Å². The first-order chi connectivity index (χ1) is 16.9. The largest absolute Gasteiger partial charge is 0.493 e. The van der Waals surface area contributed by atoms with Crippen molar-refractivity contribution in [1.29, 1.82) is 0 Å². The van der Waals surface area contributed by atoms with E-state index in [0.717, 1.165) is 16.0 Å². The molecule has 0 fully saturated rings. The summed E-state index contributed by atoms with van der Waals surface area (Å²) >= 11 is 1.21. The highest BCUT2D eigenvalue weighted by molar-refractivity contribution is 7.18. The summed E-state index contributed by atoms with van der Waals surface area (Å²) in [6, 6.07) is 16.5. The van der Waals surface area contributed by atoms with Gasteiger partial charge in [-0.1, -0.05) is 30.3 Å². The molecule has 9 heteroatoms. The normalized spacial score (nSPS) is 10.4. The molecule has 0 saturated carbocycles. The van der Waals surface area contributed by atoms with Gasteiger partial charge in [0.25, 0.3) is 0 Å². The number of carbonyl (C=O) groups is 3. The van der Waals surface area contributed by atoms with Crippen molar-refractivity contribution >= 4 is 34.8 Å². The van der Waals surface area contributed by atoms with Crippen LogP contribution in [0.15, 0.2) is 54.6 Å². The van der Waals surface area contributed by atoms with Crippen molar-refractivity contribution in [2.45, 2.75) is 19.8 Å². The zero-order valence-corrected chi connectivity index (χ0v) is 20.7. The van der Waals surface area contributed by atoms with E-state index < -0.39 is 5.97 Å². The molecule has 0 saturated heterocycles. The molecule has 2 N–H and O–H groups in total. The lowest BCUT2D eigenvalue weighted by Crippen LogP contribution is -2.29. The summed E-state index contributed by atoms with van der Waals surface area (Å²) in [5.74, 6) is 0.125. The molecule has 0 bridgehead atoms. The molecule has 8 nitrogen and oxygen atoms in total. The first-order valence-corrected chi connectivity index (χ1v) is 11.9. The second kappa shape index (κ2) is 12.6. The molecule has 2 aromatic carbocycles. The van der Waals surface area contributed by atoms with E-state index in [0.29, 0.717) is 17.2 Å². The fourth-order valence-electron chi connectivity index (χ4n) is 3.34. The van der Waals surface area contributed by atoms with Gasteiger partial charge in [-0.25, -0.2) is 4.79 Å². The monoisotopic (exact) mass is 496 g/mol. The summed E-state index contributed by atoms with van der Waals surface area (Å²) in [6.07, 6.45) is 0.305. The molecule has 0 aliphatic rings. The Morgan fingerprint density at radius 3 is 2.34 bits per heavy atom. The van der Waals surface area contributed by atoms with Gasteiger partial charge >= 0.3 is 5.97 Å². The number of rotatable bonds is 11. The van der Waals surface area contributed by atoms with Gasteiger partial charge in [0.15, 0.2) is 11.5 Å². The second-order valence-corrected chi connectivity index (χ2v) is 8.51. The third kappa shape index (κ3) is 7.07. The minimum atomic E-state index is -0.518. The Hall–Kier alpha value is -3.85. The lowest BCUT2D eigenvalue weighted by Gasteiger charge is -2.08. The number of nitrogens with one attached hydrogen (secondary N) is 2. The van der Waals surface area contributed by atoms with Crippen LogP contribution in [0.1, 0.15) is 28.6 Å². The maximum Gasteiger partial charge on any atom is 0.350 e. The van der Waals surface area contributed by atoms with E-state index in [1.54, 1.807) is 39.3 Å². The van der Waals surface area contributed by atoms with Crippen molar-refractivity contribution in [3.63, 3.8) is 0 Å². The Bertz CT molecular complexity index is 1180. The molecule has 3 aromatic rings. The number of esters is 1. The van der Waals surface area contributed by atoms with Crippen LogP contribution in [0.25, 0.3) is 10.4 Å². The number of amides is 2. The molecule has 0 unspecified atom stereocenters. The number of methoxy groups -OCH3 is 2. The fourth-order valence-corrected chi connectivity index (χ4v) is 4.34. The highest BCUT2D eigenvalue weighted by atomic mass is 32.1. The van der Waals surface area contributed by atoms with Gasteiger partial charge in [0.1, 0.15) is 4.88 Å². The van der Waals surface area contributed by atoms with E-state index in [1.807, 2.05) is 36.4 Å². The Kier molecular flexibility index (Phi) is 9.25. The van der Waals surface area contributed by atoms with Gasteiger partial charge in [0.05, 0.1) is 32.9 Å². The third-order valence-corrected chi connectivity index (χ3v) is 6.18. The standard InChI is InChI=1S/C26H28N2O6S/c1-4-34-26(31)25-19(16-22(35-25)18-10-11-20(32-2)21(15-18)33-3)28-23(29)12-13-27-24(30)14-17-8-6-5-7-9-17/h5-11,15-16H,4,12-14H2,1-3H3,(H,27,30)(H,28,29). The van der Waals surface area contributed by atoms with Crippen molar-refractivity contribution in [1.82, 2.24) is 5.32 Å². The van der Waals surface area contributed by atoms with Crippen LogP contribution >= 0.6 is 11.3 Å². The summed E-state index contributed by atoms with van der Waals surface area (Å²) in [7, 11) is 3.10. The lowest BCUT2D eigenvalue weighted by molar-refractivity contribution is -0.120. The first-order valence-electron chi connectivity index (χ1n) is 11.1. The second-order valence-electron chi connectivity index (χ2n) is 7.45. The predicted octanol–water partition coefficient (Wildman–Crippen LogP) is 4.30. The zero-order chi connectivity index (χ0) is 25.2. The highest BCUT2D eigenvalue weighted by Gasteiger charge is 2.21. The van der Waals surface area contributed by atoms with Gasteiger partial charge in [-0.15, -0.1) is 11.3 Å². The number of ether oxygens (including phenoxy) is 3. The summed E-state index contributed by atoms with van der Waals surface area (Å²) in [4.78, 5) is 38.2. The number of benzene rings is 2. The molecule has 184 valence electrons. The Morgan fingerprint density at radius 1 is 0.914 bits per heavy atom. The molecular formula is C26H28N2O6S. The predicted molar refractivity (Wildman–Crippen MR) is 135 cm³/mol. The lowest BCUT2D eigenvalue weighted by atomic mass is 10.1. The number of carbonyl (C=O) groups excluding carboxylic acids is 3. The van der Waals surface area contributed by atoms with E-state index in [4.69, 9.17) is 14.2 Å². The summed E-state index contributed by atoms with van der Waals surface area (Å²) < 4.78 is 15.8. The zero-order valence-electron chi connectivity index (χ0n) is 19.9. The van der Waals surface area contributed by atoms with Gasteiger partial charge in [-0.2, -0.15) is 0 Å². The Labute approximate surface area is 208 Å². The summed E-state index contributed by atoms with van der Waals surface area (Å²) in [6.45, 7) is 2.11. The summed E-state index contributed by atoms with van der Waals surface area (Å²) in [5, 5.41) is 5.52. The van der Waals surface area contributed by atoms with Crippen molar-refractivity contribution in [3.05, 3.63) is 65.0 Å². The number of hydrogen-bond acceptors (Lipinski definition) is 7. The van der Waals surface area contributed by atoms with Crippen LogP contribution in [0.2, 0.25) is 0 Å². The van der Waals surface area contributed by atoms with E-state index in [9.17, 15) is 14.4 Å². The van der Waals surface area contributed by atoms with E-state index in [2.05, 4.69) is 10.6 Å². The van der Waals surface area contributed by atoms with Crippen molar-refractivity contribution in [3.8, 4) is 21.9 Å². The summed E-state index contributed by atoms with van der Waals surface area (Å²) in [5.41, 5.74) is 2.06.